The molecule has 0 unspecified atom stereocenters. The maximum atomic E-state index is 12.2. The number of hydrogen-bond donors (Lipinski definition) is 2. The smallest absolute Gasteiger partial charge is 0.251 e. The van der Waals surface area contributed by atoms with Gasteiger partial charge in [0.05, 0.1) is 6.61 Å². The number of nitrogens with two attached hydrogens (primary N) is 1. The fourth-order valence-electron chi connectivity index (χ4n) is 2.65. The number of carbonyl (C=O) groups excluding carboxylic acids is 1. The molecule has 0 spiro atoms. The van der Waals surface area contributed by atoms with Crippen molar-refractivity contribution < 1.29 is 9.53 Å². The Morgan fingerprint density at radius 3 is 2.45 bits per heavy atom. The maximum Gasteiger partial charge on any atom is 0.251 e. The van der Waals surface area contributed by atoms with Crippen molar-refractivity contribution in [3.63, 3.8) is 0 Å². The molecule has 122 valence electrons. The molecule has 0 heterocycles. The third-order valence-electron chi connectivity index (χ3n) is 4.19. The summed E-state index contributed by atoms with van der Waals surface area (Å²) >= 11 is 0. The number of hydrogen-bond acceptors (Lipinski definition) is 3. The second-order valence-electron chi connectivity index (χ2n) is 6.64. The van der Waals surface area contributed by atoms with Crippen LogP contribution < -0.4 is 15.8 Å². The lowest BCUT2D eigenvalue weighted by molar-refractivity contribution is 0.0926. The molecule has 22 heavy (non-hydrogen) atoms. The summed E-state index contributed by atoms with van der Waals surface area (Å²) in [6.07, 6.45) is 4.97. The lowest BCUT2D eigenvalue weighted by Gasteiger charge is -2.26. The molecule has 0 radical (unpaired) electrons. The lowest BCUT2D eigenvalue weighted by Crippen LogP contribution is -2.40. The Morgan fingerprint density at radius 1 is 1.23 bits per heavy atom. The first-order valence-corrected chi connectivity index (χ1v) is 8.34. The van der Waals surface area contributed by atoms with Gasteiger partial charge < -0.3 is 15.8 Å². The summed E-state index contributed by atoms with van der Waals surface area (Å²) in [5.41, 5.74) is 6.57. The molecule has 2 rings (SSSR count). The van der Waals surface area contributed by atoms with Crippen LogP contribution in [0.4, 0.5) is 0 Å². The second kappa shape index (κ2) is 8.18. The fourth-order valence-corrected chi connectivity index (χ4v) is 2.65. The van der Waals surface area contributed by atoms with Gasteiger partial charge in [-0.05, 0) is 62.3 Å². The molecule has 0 aliphatic heterocycles. The van der Waals surface area contributed by atoms with E-state index in [1.165, 1.54) is 0 Å². The Kier molecular flexibility index (Phi) is 6.25. The quantitative estimate of drug-likeness (QED) is 0.848. The zero-order valence-corrected chi connectivity index (χ0v) is 13.7. The highest BCUT2D eigenvalue weighted by Crippen LogP contribution is 2.18. The van der Waals surface area contributed by atoms with Crippen molar-refractivity contribution in [2.24, 2.45) is 11.7 Å². The Bertz CT molecular complexity index is 462. The standard InChI is InChI=1S/C18H28N2O2/c1-13(2)11-12-22-17-9-3-14(4-10-17)18(21)20-16-7-5-15(19)6-8-16/h3-4,9-10,13,15-16H,5-8,11-12,19H2,1-2H3,(H,20,21). The van der Waals surface area contributed by atoms with Crippen LogP contribution >= 0.6 is 0 Å². The molecule has 4 nitrogen and oxygen atoms in total. The zero-order chi connectivity index (χ0) is 15.9. The van der Waals surface area contributed by atoms with E-state index in [-0.39, 0.29) is 11.9 Å². The molecular formula is C18H28N2O2. The van der Waals surface area contributed by atoms with Gasteiger partial charge in [0.2, 0.25) is 0 Å². The van der Waals surface area contributed by atoms with Crippen LogP contribution in [-0.4, -0.2) is 24.6 Å². The first-order valence-electron chi connectivity index (χ1n) is 8.34. The molecule has 0 aromatic heterocycles. The number of ether oxygens (including phenoxy) is 1. The summed E-state index contributed by atoms with van der Waals surface area (Å²) in [6, 6.07) is 7.95. The molecule has 1 saturated carbocycles. The largest absolute Gasteiger partial charge is 0.494 e. The maximum absolute atomic E-state index is 12.2. The predicted octanol–water partition coefficient (Wildman–Crippen LogP) is 3.11. The van der Waals surface area contributed by atoms with E-state index in [1.807, 2.05) is 24.3 Å². The monoisotopic (exact) mass is 304 g/mol. The topological polar surface area (TPSA) is 64.3 Å². The molecular weight excluding hydrogens is 276 g/mol. The summed E-state index contributed by atoms with van der Waals surface area (Å²) in [4.78, 5) is 12.2. The van der Waals surface area contributed by atoms with Gasteiger partial charge in [-0.2, -0.15) is 0 Å². The molecule has 3 N–H and O–H groups in total. The Balaban J connectivity index is 1.80. The number of benzene rings is 1. The zero-order valence-electron chi connectivity index (χ0n) is 13.7. The van der Waals surface area contributed by atoms with E-state index in [2.05, 4.69) is 19.2 Å². The molecule has 1 aromatic carbocycles. The van der Waals surface area contributed by atoms with Gasteiger partial charge in [0.25, 0.3) is 5.91 Å². The van der Waals surface area contributed by atoms with Crippen molar-refractivity contribution in [1.29, 1.82) is 0 Å². The number of nitrogens with one attached hydrogen (secondary N) is 1. The van der Waals surface area contributed by atoms with Gasteiger partial charge in [-0.1, -0.05) is 13.8 Å². The highest BCUT2D eigenvalue weighted by molar-refractivity contribution is 5.94. The van der Waals surface area contributed by atoms with Crippen LogP contribution in [0, 0.1) is 5.92 Å². The van der Waals surface area contributed by atoms with Gasteiger partial charge in [-0.15, -0.1) is 0 Å². The minimum Gasteiger partial charge on any atom is -0.494 e. The number of amides is 1. The van der Waals surface area contributed by atoms with Crippen LogP contribution in [0.1, 0.15) is 56.3 Å². The first kappa shape index (κ1) is 16.8. The normalized spacial score (nSPS) is 21.6. The van der Waals surface area contributed by atoms with Crippen LogP contribution in [0.25, 0.3) is 0 Å². The van der Waals surface area contributed by atoms with Crippen LogP contribution in [0.5, 0.6) is 5.75 Å². The van der Waals surface area contributed by atoms with E-state index >= 15 is 0 Å². The molecule has 1 amide bonds. The van der Waals surface area contributed by atoms with Crippen molar-refractivity contribution in [1.82, 2.24) is 5.32 Å². The molecule has 1 aliphatic rings. The SMILES string of the molecule is CC(C)CCOc1ccc(C(=O)NC2CCC(N)CC2)cc1. The average molecular weight is 304 g/mol. The Morgan fingerprint density at radius 2 is 1.86 bits per heavy atom. The molecule has 4 heteroatoms. The van der Waals surface area contributed by atoms with Gasteiger partial charge in [0, 0.05) is 17.6 Å². The van der Waals surface area contributed by atoms with E-state index in [0.29, 0.717) is 24.1 Å². The predicted molar refractivity (Wildman–Crippen MR) is 89.1 cm³/mol. The van der Waals surface area contributed by atoms with Gasteiger partial charge in [0.1, 0.15) is 5.75 Å². The van der Waals surface area contributed by atoms with Crippen molar-refractivity contribution in [2.75, 3.05) is 6.61 Å². The van der Waals surface area contributed by atoms with E-state index in [1.54, 1.807) is 0 Å². The van der Waals surface area contributed by atoms with Crippen molar-refractivity contribution in [2.45, 2.75) is 58.0 Å². The first-order chi connectivity index (χ1) is 10.5. The Labute approximate surface area is 133 Å². The lowest BCUT2D eigenvalue weighted by atomic mass is 9.91. The fraction of sp³-hybridized carbons (Fsp3) is 0.611. The van der Waals surface area contributed by atoms with E-state index in [0.717, 1.165) is 37.9 Å². The third kappa shape index (κ3) is 5.34. The van der Waals surface area contributed by atoms with E-state index < -0.39 is 0 Å². The van der Waals surface area contributed by atoms with Gasteiger partial charge >= 0.3 is 0 Å². The summed E-state index contributed by atoms with van der Waals surface area (Å²) in [6.45, 7) is 5.06. The van der Waals surface area contributed by atoms with E-state index in [9.17, 15) is 4.79 Å². The summed E-state index contributed by atoms with van der Waals surface area (Å²) in [7, 11) is 0. The van der Waals surface area contributed by atoms with Crippen LogP contribution in [0.3, 0.4) is 0 Å². The average Bonchev–Trinajstić information content (AvgIpc) is 2.50. The van der Waals surface area contributed by atoms with E-state index in [4.69, 9.17) is 10.5 Å². The van der Waals surface area contributed by atoms with Crippen molar-refractivity contribution >= 4 is 5.91 Å². The van der Waals surface area contributed by atoms with Crippen molar-refractivity contribution in [3.8, 4) is 5.75 Å². The summed E-state index contributed by atoms with van der Waals surface area (Å²) in [5, 5.41) is 3.10. The molecule has 1 aromatic rings. The molecule has 0 saturated heterocycles. The number of rotatable bonds is 6. The summed E-state index contributed by atoms with van der Waals surface area (Å²) in [5.74, 6) is 1.45. The van der Waals surface area contributed by atoms with Crippen molar-refractivity contribution in [3.05, 3.63) is 29.8 Å². The van der Waals surface area contributed by atoms with Crippen LogP contribution in [0.2, 0.25) is 0 Å². The molecule has 0 bridgehead atoms. The highest BCUT2D eigenvalue weighted by Gasteiger charge is 2.20. The minimum absolute atomic E-state index is 0.00537. The third-order valence-corrected chi connectivity index (χ3v) is 4.19. The minimum atomic E-state index is -0.00537. The molecule has 1 aliphatic carbocycles. The molecule has 0 atom stereocenters. The highest BCUT2D eigenvalue weighted by atomic mass is 16.5. The van der Waals surface area contributed by atoms with Gasteiger partial charge in [-0.25, -0.2) is 0 Å². The second-order valence-corrected chi connectivity index (χ2v) is 6.64. The van der Waals surface area contributed by atoms with Crippen LogP contribution in [0.15, 0.2) is 24.3 Å². The number of carbonyl (C=O) groups is 1. The molecule has 1 fully saturated rings. The Hall–Kier alpha value is -1.55. The van der Waals surface area contributed by atoms with Gasteiger partial charge in [-0.3, -0.25) is 4.79 Å². The summed E-state index contributed by atoms with van der Waals surface area (Å²) < 4.78 is 5.67. The van der Waals surface area contributed by atoms with Gasteiger partial charge in [0.15, 0.2) is 0 Å². The van der Waals surface area contributed by atoms with Crippen LogP contribution in [-0.2, 0) is 0 Å².